The fourth-order valence-corrected chi connectivity index (χ4v) is 3.79. The highest BCUT2D eigenvalue weighted by Crippen LogP contribution is 2.27. The van der Waals surface area contributed by atoms with Crippen molar-refractivity contribution in [2.45, 2.75) is 25.3 Å². The van der Waals surface area contributed by atoms with Gasteiger partial charge in [-0.05, 0) is 47.6 Å². The zero-order valence-electron chi connectivity index (χ0n) is 15.2. The third-order valence-electron chi connectivity index (χ3n) is 5.27. The van der Waals surface area contributed by atoms with Gasteiger partial charge in [0.05, 0.1) is 0 Å². The average molecular weight is 342 g/mol. The monoisotopic (exact) mass is 342 g/mol. The van der Waals surface area contributed by atoms with Gasteiger partial charge in [0, 0.05) is 31.0 Å². The Balaban J connectivity index is 1.41. The predicted octanol–water partition coefficient (Wildman–Crippen LogP) is 4.47. The smallest absolute Gasteiger partial charge is 0.0380 e. The van der Waals surface area contributed by atoms with Crippen molar-refractivity contribution in [3.8, 4) is 0 Å². The summed E-state index contributed by atoms with van der Waals surface area (Å²) in [7, 11) is 0. The first-order chi connectivity index (χ1) is 12.8. The average Bonchev–Trinajstić information content (AvgIpc) is 2.68. The van der Waals surface area contributed by atoms with E-state index < -0.39 is 0 Å². The first kappa shape index (κ1) is 16.9. The number of nitrogens with zero attached hydrogens (tertiary/aromatic N) is 1. The van der Waals surface area contributed by atoms with E-state index in [4.69, 9.17) is 0 Å². The van der Waals surface area contributed by atoms with Crippen LogP contribution >= 0.6 is 0 Å². The van der Waals surface area contributed by atoms with Gasteiger partial charge in [0.25, 0.3) is 0 Å². The third kappa shape index (κ3) is 3.97. The predicted molar refractivity (Wildman–Crippen MR) is 109 cm³/mol. The van der Waals surface area contributed by atoms with Gasteiger partial charge in [0.1, 0.15) is 0 Å². The second-order valence-electron chi connectivity index (χ2n) is 7.22. The van der Waals surface area contributed by atoms with Crippen molar-refractivity contribution in [1.82, 2.24) is 10.2 Å². The Hall–Kier alpha value is -2.58. The lowest BCUT2D eigenvalue weighted by Crippen LogP contribution is -2.49. The molecule has 1 fully saturated rings. The van der Waals surface area contributed by atoms with E-state index in [-0.39, 0.29) is 0 Å². The fourth-order valence-electron chi connectivity index (χ4n) is 3.79. The summed E-state index contributed by atoms with van der Waals surface area (Å²) in [5, 5.41) is 3.68. The van der Waals surface area contributed by atoms with Crippen molar-refractivity contribution in [1.29, 1.82) is 0 Å². The molecule has 0 radical (unpaired) electrons. The second kappa shape index (κ2) is 7.76. The second-order valence-corrected chi connectivity index (χ2v) is 7.22. The lowest BCUT2D eigenvalue weighted by Gasteiger charge is -2.38. The van der Waals surface area contributed by atoms with Crippen molar-refractivity contribution >= 4 is 0 Å². The Morgan fingerprint density at radius 1 is 0.923 bits per heavy atom. The van der Waals surface area contributed by atoms with Crippen LogP contribution in [0.25, 0.3) is 0 Å². The number of benzene rings is 2. The Morgan fingerprint density at radius 3 is 2.35 bits per heavy atom. The summed E-state index contributed by atoms with van der Waals surface area (Å²) in [5.41, 5.74) is 6.64. The minimum absolute atomic E-state index is 0.479. The van der Waals surface area contributed by atoms with E-state index in [0.717, 1.165) is 37.9 Å². The van der Waals surface area contributed by atoms with Gasteiger partial charge < -0.3 is 10.2 Å². The first-order valence-corrected chi connectivity index (χ1v) is 9.46. The molecule has 2 aliphatic rings. The van der Waals surface area contributed by atoms with E-state index in [1.165, 1.54) is 22.4 Å². The highest BCUT2D eigenvalue weighted by Gasteiger charge is 2.24. The Morgan fingerprint density at radius 2 is 1.62 bits per heavy atom. The number of allylic oxidation sites excluding steroid dienone is 3. The molecule has 2 heteroatoms. The molecule has 26 heavy (non-hydrogen) atoms. The van der Waals surface area contributed by atoms with Crippen molar-refractivity contribution in [2.24, 2.45) is 0 Å². The van der Waals surface area contributed by atoms with Gasteiger partial charge >= 0.3 is 0 Å². The van der Waals surface area contributed by atoms with Crippen LogP contribution in [0.3, 0.4) is 0 Å². The van der Waals surface area contributed by atoms with Crippen molar-refractivity contribution < 1.29 is 0 Å². The minimum Gasteiger partial charge on any atom is -0.348 e. The summed E-state index contributed by atoms with van der Waals surface area (Å²) in [5.74, 6) is 0. The minimum atomic E-state index is 0.479. The maximum Gasteiger partial charge on any atom is 0.0380 e. The van der Waals surface area contributed by atoms with Gasteiger partial charge in [-0.25, -0.2) is 0 Å². The van der Waals surface area contributed by atoms with E-state index >= 15 is 0 Å². The van der Waals surface area contributed by atoms with Gasteiger partial charge in [0.2, 0.25) is 0 Å². The molecule has 2 heterocycles. The zero-order chi connectivity index (χ0) is 17.8. The van der Waals surface area contributed by atoms with Gasteiger partial charge in [-0.1, -0.05) is 67.2 Å². The summed E-state index contributed by atoms with van der Waals surface area (Å²) in [6, 6.07) is 21.9. The van der Waals surface area contributed by atoms with Crippen LogP contribution in [0.15, 0.2) is 96.4 Å². The highest BCUT2D eigenvalue weighted by atomic mass is 15.2. The summed E-state index contributed by atoms with van der Waals surface area (Å²) in [6.45, 7) is 6.22. The van der Waals surface area contributed by atoms with E-state index in [0.29, 0.717) is 6.04 Å². The Bertz CT molecular complexity index is 818. The molecule has 2 aromatic rings. The number of hydrogen-bond acceptors (Lipinski definition) is 2. The van der Waals surface area contributed by atoms with Crippen LogP contribution in [0.4, 0.5) is 0 Å². The number of fused-ring (bicyclic) bond motifs is 1. The molecular weight excluding hydrogens is 316 g/mol. The normalized spacial score (nSPS) is 19.6. The van der Waals surface area contributed by atoms with E-state index in [9.17, 15) is 0 Å². The summed E-state index contributed by atoms with van der Waals surface area (Å²) in [6.07, 6.45) is 7.76. The fraction of sp³-hybridized carbons (Fsp3) is 0.250. The molecule has 1 saturated heterocycles. The van der Waals surface area contributed by atoms with Crippen LogP contribution in [0.5, 0.6) is 0 Å². The van der Waals surface area contributed by atoms with Crippen molar-refractivity contribution in [3.63, 3.8) is 0 Å². The molecule has 1 atom stereocenters. The SMILES string of the molecule is C=C1C=C2CNC(Cc3ccccc3)CN2C=C1CCc1ccccc1. The maximum absolute atomic E-state index is 4.29. The molecule has 0 saturated carbocycles. The number of aryl methyl sites for hydroxylation is 1. The van der Waals surface area contributed by atoms with Gasteiger partial charge in [0.15, 0.2) is 0 Å². The number of hydrogen-bond donors (Lipinski definition) is 1. The molecule has 0 aromatic heterocycles. The molecule has 1 N–H and O–H groups in total. The van der Waals surface area contributed by atoms with Gasteiger partial charge in [-0.3, -0.25) is 0 Å². The number of piperazine rings is 1. The third-order valence-corrected chi connectivity index (χ3v) is 5.27. The lowest BCUT2D eigenvalue weighted by atomic mass is 9.95. The van der Waals surface area contributed by atoms with Crippen LogP contribution < -0.4 is 5.32 Å². The molecule has 0 amide bonds. The Kier molecular flexibility index (Phi) is 5.03. The van der Waals surface area contributed by atoms with Crippen molar-refractivity contribution in [3.05, 3.63) is 107 Å². The van der Waals surface area contributed by atoms with Crippen LogP contribution in [0, 0.1) is 0 Å². The van der Waals surface area contributed by atoms with E-state index in [1.54, 1.807) is 0 Å². The summed E-state index contributed by atoms with van der Waals surface area (Å²) >= 11 is 0. The van der Waals surface area contributed by atoms with Gasteiger partial charge in [-0.2, -0.15) is 0 Å². The molecule has 1 unspecified atom stereocenters. The van der Waals surface area contributed by atoms with Crippen LogP contribution in [-0.4, -0.2) is 24.0 Å². The summed E-state index contributed by atoms with van der Waals surface area (Å²) in [4.78, 5) is 2.43. The topological polar surface area (TPSA) is 15.3 Å². The molecule has 0 bridgehead atoms. The van der Waals surface area contributed by atoms with Crippen molar-refractivity contribution in [2.75, 3.05) is 13.1 Å². The maximum atomic E-state index is 4.29. The molecule has 2 aromatic carbocycles. The van der Waals surface area contributed by atoms with E-state index in [1.807, 2.05) is 0 Å². The van der Waals surface area contributed by atoms with Crippen LogP contribution in [-0.2, 0) is 12.8 Å². The molecule has 0 spiro atoms. The first-order valence-electron chi connectivity index (χ1n) is 9.46. The molecule has 4 rings (SSSR count). The summed E-state index contributed by atoms with van der Waals surface area (Å²) < 4.78 is 0. The van der Waals surface area contributed by atoms with Gasteiger partial charge in [-0.15, -0.1) is 0 Å². The number of rotatable bonds is 5. The molecule has 2 nitrogen and oxygen atoms in total. The molecule has 2 aliphatic heterocycles. The number of nitrogens with one attached hydrogen (secondary N) is 1. The largest absolute Gasteiger partial charge is 0.348 e. The molecule has 132 valence electrons. The molecule has 0 aliphatic carbocycles. The van der Waals surface area contributed by atoms with E-state index in [2.05, 4.69) is 89.7 Å². The quantitative estimate of drug-likeness (QED) is 0.862. The standard InChI is InChI=1S/C24H26N2/c1-19-14-24-16-25-23(15-21-10-6-3-7-11-21)18-26(24)17-22(19)13-12-20-8-4-2-5-9-20/h2-11,14,17,23,25H,1,12-13,15-16,18H2. The highest BCUT2D eigenvalue weighted by molar-refractivity contribution is 5.44. The zero-order valence-corrected chi connectivity index (χ0v) is 15.2. The Labute approximate surface area is 156 Å². The van der Waals surface area contributed by atoms with Crippen LogP contribution in [0.1, 0.15) is 17.5 Å². The van der Waals surface area contributed by atoms with Crippen LogP contribution in [0.2, 0.25) is 0 Å². The molecular formula is C24H26N2. The lowest BCUT2D eigenvalue weighted by molar-refractivity contribution is 0.314.